The maximum atomic E-state index is 11.1. The molecule has 2 N–H and O–H groups in total. The number of ether oxygens (including phenoxy) is 1. The van der Waals surface area contributed by atoms with Gasteiger partial charge in [0.05, 0.1) is 0 Å². The van der Waals surface area contributed by atoms with E-state index in [2.05, 4.69) is 26.1 Å². The average Bonchev–Trinajstić information content (AvgIpc) is 2.33. The molecule has 112 valence electrons. The Balaban J connectivity index is 2.92. The molecule has 0 aliphatic heterocycles. The Hall–Kier alpha value is -1.26. The molecule has 0 heterocycles. The predicted molar refractivity (Wildman–Crippen MR) is 80.4 cm³/mol. The summed E-state index contributed by atoms with van der Waals surface area (Å²) < 4.78 is 5.58. The third kappa shape index (κ3) is 5.39. The Morgan fingerprint density at radius 1 is 1.45 bits per heavy atom. The Morgan fingerprint density at radius 2 is 2.10 bits per heavy atom. The molecule has 0 fully saturated rings. The van der Waals surface area contributed by atoms with Crippen molar-refractivity contribution in [2.45, 2.75) is 52.3 Å². The summed E-state index contributed by atoms with van der Waals surface area (Å²) in [5.74, 6) is -0.405. The van der Waals surface area contributed by atoms with E-state index < -0.39 is 12.1 Å². The monoisotopic (exact) mass is 299 g/mol. The highest BCUT2D eigenvalue weighted by atomic mass is 35.5. The first-order valence-corrected chi connectivity index (χ1v) is 7.03. The van der Waals surface area contributed by atoms with E-state index in [1.54, 1.807) is 25.1 Å². The van der Waals surface area contributed by atoms with E-state index in [0.717, 1.165) is 5.56 Å². The van der Waals surface area contributed by atoms with Gasteiger partial charge in [-0.3, -0.25) is 0 Å². The molecule has 0 aliphatic carbocycles. The van der Waals surface area contributed by atoms with Crippen molar-refractivity contribution in [3.05, 3.63) is 28.8 Å². The summed E-state index contributed by atoms with van der Waals surface area (Å²) in [5.41, 5.74) is 0.809. The van der Waals surface area contributed by atoms with E-state index >= 15 is 0 Å². The van der Waals surface area contributed by atoms with Crippen molar-refractivity contribution < 1.29 is 14.6 Å². The maximum Gasteiger partial charge on any atom is 0.344 e. The van der Waals surface area contributed by atoms with Crippen molar-refractivity contribution in [1.82, 2.24) is 5.32 Å². The molecule has 0 aromatic heterocycles. The fraction of sp³-hybridized carbons (Fsp3) is 0.533. The second-order valence-corrected chi connectivity index (χ2v) is 6.15. The van der Waals surface area contributed by atoms with Crippen LogP contribution in [0.4, 0.5) is 0 Å². The number of carboxylic acid groups (broad SMARTS) is 1. The highest BCUT2D eigenvalue weighted by molar-refractivity contribution is 6.30. The lowest BCUT2D eigenvalue weighted by Crippen LogP contribution is -2.35. The number of rotatable bonds is 6. The van der Waals surface area contributed by atoms with Crippen molar-refractivity contribution in [3.63, 3.8) is 0 Å². The Morgan fingerprint density at radius 3 is 2.60 bits per heavy atom. The van der Waals surface area contributed by atoms with Crippen LogP contribution in [0.15, 0.2) is 18.2 Å². The van der Waals surface area contributed by atoms with Gasteiger partial charge >= 0.3 is 5.97 Å². The second kappa shape index (κ2) is 6.95. The molecule has 1 aromatic carbocycles. The zero-order valence-electron chi connectivity index (χ0n) is 12.4. The zero-order valence-corrected chi connectivity index (χ0v) is 13.1. The summed E-state index contributed by atoms with van der Waals surface area (Å²) in [4.78, 5) is 11.1. The van der Waals surface area contributed by atoms with Crippen LogP contribution in [0.1, 0.15) is 39.7 Å². The first-order valence-electron chi connectivity index (χ1n) is 6.66. The van der Waals surface area contributed by atoms with Gasteiger partial charge in [-0.15, -0.1) is 0 Å². The number of hydrogen-bond acceptors (Lipinski definition) is 3. The van der Waals surface area contributed by atoms with Crippen LogP contribution in [0, 0.1) is 0 Å². The molecule has 5 heteroatoms. The SMILES string of the molecule is CCC(Oc1ccc(Cl)cc1CNC(C)(C)C)C(=O)O. The third-order valence-corrected chi connectivity index (χ3v) is 2.98. The quantitative estimate of drug-likeness (QED) is 0.844. The smallest absolute Gasteiger partial charge is 0.344 e. The van der Waals surface area contributed by atoms with Crippen LogP contribution < -0.4 is 10.1 Å². The highest BCUT2D eigenvalue weighted by Gasteiger charge is 2.19. The predicted octanol–water partition coefficient (Wildman–Crippen LogP) is 3.47. The van der Waals surface area contributed by atoms with Gasteiger partial charge in [0.25, 0.3) is 0 Å². The van der Waals surface area contributed by atoms with E-state index in [9.17, 15) is 4.79 Å². The van der Waals surface area contributed by atoms with Gasteiger partial charge in [-0.1, -0.05) is 18.5 Å². The van der Waals surface area contributed by atoms with Crippen LogP contribution in [-0.4, -0.2) is 22.7 Å². The molecule has 0 aliphatic rings. The number of benzene rings is 1. The highest BCUT2D eigenvalue weighted by Crippen LogP contribution is 2.25. The van der Waals surface area contributed by atoms with Crippen LogP contribution in [0.3, 0.4) is 0 Å². The number of aliphatic carboxylic acids is 1. The zero-order chi connectivity index (χ0) is 15.3. The third-order valence-electron chi connectivity index (χ3n) is 2.75. The topological polar surface area (TPSA) is 58.6 Å². The van der Waals surface area contributed by atoms with E-state index in [4.69, 9.17) is 21.4 Å². The molecule has 0 saturated carbocycles. The van der Waals surface area contributed by atoms with Crippen molar-refractivity contribution in [1.29, 1.82) is 0 Å². The van der Waals surface area contributed by atoms with E-state index in [0.29, 0.717) is 23.7 Å². The summed E-state index contributed by atoms with van der Waals surface area (Å²) in [6.07, 6.45) is -0.436. The van der Waals surface area contributed by atoms with Crippen molar-refractivity contribution >= 4 is 17.6 Å². The Kier molecular flexibility index (Phi) is 5.84. The largest absolute Gasteiger partial charge is 0.479 e. The van der Waals surface area contributed by atoms with Gasteiger partial charge in [0.2, 0.25) is 0 Å². The fourth-order valence-electron chi connectivity index (χ4n) is 1.62. The van der Waals surface area contributed by atoms with Crippen LogP contribution in [0.5, 0.6) is 5.75 Å². The van der Waals surface area contributed by atoms with Crippen LogP contribution >= 0.6 is 11.6 Å². The normalized spacial score (nSPS) is 13.1. The molecule has 20 heavy (non-hydrogen) atoms. The summed E-state index contributed by atoms with van der Waals surface area (Å²) in [7, 11) is 0. The first kappa shape index (κ1) is 16.8. The van der Waals surface area contributed by atoms with Crippen LogP contribution in [0.2, 0.25) is 5.02 Å². The molecule has 0 spiro atoms. The van der Waals surface area contributed by atoms with Crippen LogP contribution in [0.25, 0.3) is 0 Å². The van der Waals surface area contributed by atoms with Crippen molar-refractivity contribution in [3.8, 4) is 5.75 Å². The maximum absolute atomic E-state index is 11.1. The summed E-state index contributed by atoms with van der Waals surface area (Å²) >= 11 is 6.00. The molecule has 1 rings (SSSR count). The number of halogens is 1. The van der Waals surface area contributed by atoms with E-state index in [-0.39, 0.29) is 5.54 Å². The number of carbonyl (C=O) groups is 1. The molecule has 1 unspecified atom stereocenters. The Labute approximate surface area is 125 Å². The molecule has 0 amide bonds. The van der Waals surface area contributed by atoms with Crippen LogP contribution in [-0.2, 0) is 11.3 Å². The molecule has 1 aromatic rings. The number of hydrogen-bond donors (Lipinski definition) is 2. The van der Waals surface area contributed by atoms with E-state index in [1.165, 1.54) is 0 Å². The van der Waals surface area contributed by atoms with Gasteiger partial charge in [0.1, 0.15) is 5.75 Å². The average molecular weight is 300 g/mol. The summed E-state index contributed by atoms with van der Waals surface area (Å²) in [6, 6.07) is 5.21. The first-order chi connectivity index (χ1) is 9.23. The molecular weight excluding hydrogens is 278 g/mol. The van der Waals surface area contributed by atoms with Gasteiger partial charge in [0.15, 0.2) is 6.10 Å². The lowest BCUT2D eigenvalue weighted by atomic mass is 10.1. The van der Waals surface area contributed by atoms with Gasteiger partial charge in [-0.25, -0.2) is 4.79 Å². The van der Waals surface area contributed by atoms with E-state index in [1.807, 2.05) is 0 Å². The van der Waals surface area contributed by atoms with Gasteiger partial charge < -0.3 is 15.2 Å². The molecule has 1 atom stereocenters. The van der Waals surface area contributed by atoms with Crippen molar-refractivity contribution in [2.24, 2.45) is 0 Å². The summed E-state index contributed by atoms with van der Waals surface area (Å²) in [6.45, 7) is 8.52. The molecule has 0 saturated heterocycles. The minimum absolute atomic E-state index is 0.0451. The molecule has 4 nitrogen and oxygen atoms in total. The van der Waals surface area contributed by atoms with Gasteiger partial charge in [-0.05, 0) is 45.4 Å². The number of nitrogens with one attached hydrogen (secondary N) is 1. The minimum Gasteiger partial charge on any atom is -0.479 e. The molecular formula is C15H22ClNO3. The van der Waals surface area contributed by atoms with Crippen molar-refractivity contribution in [2.75, 3.05) is 0 Å². The lowest BCUT2D eigenvalue weighted by molar-refractivity contribution is -0.145. The summed E-state index contributed by atoms with van der Waals surface area (Å²) in [5, 5.41) is 13.0. The molecule has 0 radical (unpaired) electrons. The Bertz CT molecular complexity index is 469. The standard InChI is InChI=1S/C15H22ClNO3/c1-5-12(14(18)19)20-13-7-6-11(16)8-10(13)9-17-15(2,3)4/h6-8,12,17H,5,9H2,1-4H3,(H,18,19). The molecule has 0 bridgehead atoms. The minimum atomic E-state index is -0.961. The second-order valence-electron chi connectivity index (χ2n) is 5.71. The fourth-order valence-corrected chi connectivity index (χ4v) is 1.82. The number of carboxylic acids is 1. The lowest BCUT2D eigenvalue weighted by Gasteiger charge is -2.22. The van der Waals surface area contributed by atoms with Gasteiger partial charge in [0, 0.05) is 22.7 Å². The van der Waals surface area contributed by atoms with Gasteiger partial charge in [-0.2, -0.15) is 0 Å².